The predicted molar refractivity (Wildman–Crippen MR) is 103 cm³/mol. The number of benzene rings is 1. The lowest BCUT2D eigenvalue weighted by Crippen LogP contribution is -2.42. The fraction of sp³-hybridized carbons (Fsp3) is 0.389. The Morgan fingerprint density at radius 1 is 1.15 bits per heavy atom. The van der Waals surface area contributed by atoms with Gasteiger partial charge in [-0.2, -0.15) is 0 Å². The van der Waals surface area contributed by atoms with Gasteiger partial charge in [-0.05, 0) is 26.0 Å². The van der Waals surface area contributed by atoms with E-state index >= 15 is 0 Å². The summed E-state index contributed by atoms with van der Waals surface area (Å²) in [6.07, 6.45) is 0.823. The lowest BCUT2D eigenvalue weighted by molar-refractivity contribution is 0.0950. The molecule has 0 atom stereocenters. The van der Waals surface area contributed by atoms with Crippen LogP contribution in [0, 0.1) is 19.7 Å². The molecule has 140 valence electrons. The lowest BCUT2D eigenvalue weighted by Gasteiger charge is -2.12. The lowest BCUT2D eigenvalue weighted by atomic mass is 10.2. The number of carbonyl (C=O) groups excluding carboxylic acids is 1. The maximum Gasteiger partial charge on any atom is 0.254 e. The number of rotatable bonds is 7. The van der Waals surface area contributed by atoms with Crippen molar-refractivity contribution in [2.75, 3.05) is 26.7 Å². The third-order valence-electron chi connectivity index (χ3n) is 3.75. The van der Waals surface area contributed by atoms with Gasteiger partial charge in [-0.15, -0.1) is 11.3 Å². The Kier molecular flexibility index (Phi) is 7.53. The Labute approximate surface area is 157 Å². The van der Waals surface area contributed by atoms with Gasteiger partial charge in [0.25, 0.3) is 5.91 Å². The van der Waals surface area contributed by atoms with Crippen LogP contribution in [0.1, 0.15) is 25.9 Å². The largest absolute Gasteiger partial charge is 0.356 e. The molecule has 0 bridgehead atoms. The molecule has 0 saturated heterocycles. The molecule has 2 aromatic rings. The molecule has 26 heavy (non-hydrogen) atoms. The Hall–Kier alpha value is -2.48. The van der Waals surface area contributed by atoms with Crippen LogP contribution in [0.15, 0.2) is 29.3 Å². The van der Waals surface area contributed by atoms with Crippen LogP contribution in [0.5, 0.6) is 0 Å². The van der Waals surface area contributed by atoms with E-state index in [-0.39, 0.29) is 5.56 Å². The van der Waals surface area contributed by atoms with E-state index in [0.29, 0.717) is 25.6 Å². The average Bonchev–Trinajstić information content (AvgIpc) is 2.95. The molecule has 8 heteroatoms. The minimum absolute atomic E-state index is 0.0454. The first-order valence-corrected chi connectivity index (χ1v) is 9.23. The van der Waals surface area contributed by atoms with Crippen LogP contribution < -0.4 is 16.0 Å². The molecular weight excluding hydrogens is 353 g/mol. The Balaban J connectivity index is 1.67. The summed E-state index contributed by atoms with van der Waals surface area (Å²) in [5.74, 6) is -0.305. The van der Waals surface area contributed by atoms with Gasteiger partial charge in [0.05, 0.1) is 16.3 Å². The fourth-order valence-electron chi connectivity index (χ4n) is 2.25. The maximum atomic E-state index is 13.5. The number of halogens is 1. The van der Waals surface area contributed by atoms with E-state index in [4.69, 9.17) is 0 Å². The molecule has 0 radical (unpaired) electrons. The summed E-state index contributed by atoms with van der Waals surface area (Å²) < 4.78 is 13.5. The monoisotopic (exact) mass is 377 g/mol. The maximum absolute atomic E-state index is 13.5. The van der Waals surface area contributed by atoms with Gasteiger partial charge in [0.2, 0.25) is 0 Å². The topological polar surface area (TPSA) is 78.4 Å². The van der Waals surface area contributed by atoms with E-state index in [1.54, 1.807) is 30.5 Å². The molecule has 6 nitrogen and oxygen atoms in total. The summed E-state index contributed by atoms with van der Waals surface area (Å²) in [5.41, 5.74) is 1.13. The quantitative estimate of drug-likeness (QED) is 0.392. The number of nitrogens with one attached hydrogen (secondary N) is 3. The van der Waals surface area contributed by atoms with E-state index < -0.39 is 11.7 Å². The molecule has 1 aromatic carbocycles. The zero-order valence-electron chi connectivity index (χ0n) is 15.2. The van der Waals surface area contributed by atoms with Gasteiger partial charge in [-0.3, -0.25) is 9.79 Å². The van der Waals surface area contributed by atoms with Gasteiger partial charge < -0.3 is 16.0 Å². The summed E-state index contributed by atoms with van der Waals surface area (Å²) in [6.45, 7) is 5.64. The predicted octanol–water partition coefficient (Wildman–Crippen LogP) is 2.04. The molecule has 0 aliphatic rings. The third-order valence-corrected chi connectivity index (χ3v) is 4.88. The third kappa shape index (κ3) is 5.80. The second-order valence-corrected chi connectivity index (χ2v) is 6.95. The molecule has 1 amide bonds. The van der Waals surface area contributed by atoms with Gasteiger partial charge in [0, 0.05) is 38.0 Å². The SMILES string of the molecule is CN=C(NCCNC(=O)c1ccccc1F)NCCc1nc(C)c(C)s1. The van der Waals surface area contributed by atoms with Crippen molar-refractivity contribution in [1.29, 1.82) is 0 Å². The van der Waals surface area contributed by atoms with Gasteiger partial charge in [-0.25, -0.2) is 9.37 Å². The summed E-state index contributed by atoms with van der Waals surface area (Å²) >= 11 is 1.71. The average molecular weight is 377 g/mol. The molecule has 0 fully saturated rings. The highest BCUT2D eigenvalue weighted by Crippen LogP contribution is 2.16. The van der Waals surface area contributed by atoms with Gasteiger partial charge in [-0.1, -0.05) is 12.1 Å². The Morgan fingerprint density at radius 3 is 2.50 bits per heavy atom. The van der Waals surface area contributed by atoms with E-state index in [2.05, 4.69) is 32.9 Å². The number of hydrogen-bond donors (Lipinski definition) is 3. The molecular formula is C18H24FN5OS. The van der Waals surface area contributed by atoms with E-state index in [1.807, 2.05) is 6.92 Å². The highest BCUT2D eigenvalue weighted by Gasteiger charge is 2.09. The first-order chi connectivity index (χ1) is 12.5. The number of aliphatic imine (C=N–C) groups is 1. The molecule has 1 aromatic heterocycles. The Bertz CT molecular complexity index is 755. The van der Waals surface area contributed by atoms with E-state index in [9.17, 15) is 9.18 Å². The van der Waals surface area contributed by atoms with Crippen molar-refractivity contribution in [2.45, 2.75) is 20.3 Å². The molecule has 3 N–H and O–H groups in total. The zero-order chi connectivity index (χ0) is 18.9. The van der Waals surface area contributed by atoms with Crippen LogP contribution in [-0.2, 0) is 6.42 Å². The standard InChI is InChI=1S/C18H24FN5OS/c1-12-13(2)26-16(24-12)8-9-22-18(20-3)23-11-10-21-17(25)14-6-4-5-7-15(14)19/h4-7H,8-11H2,1-3H3,(H,21,25)(H2,20,22,23). The summed E-state index contributed by atoms with van der Waals surface area (Å²) in [4.78, 5) is 21.8. The molecule has 1 heterocycles. The fourth-order valence-corrected chi connectivity index (χ4v) is 3.19. The first-order valence-electron chi connectivity index (χ1n) is 8.41. The van der Waals surface area contributed by atoms with Crippen LogP contribution in [0.25, 0.3) is 0 Å². The smallest absolute Gasteiger partial charge is 0.254 e. The number of carbonyl (C=O) groups is 1. The highest BCUT2D eigenvalue weighted by molar-refractivity contribution is 7.11. The van der Waals surface area contributed by atoms with Crippen molar-refractivity contribution in [2.24, 2.45) is 4.99 Å². The van der Waals surface area contributed by atoms with Gasteiger partial charge >= 0.3 is 0 Å². The minimum Gasteiger partial charge on any atom is -0.356 e. The Morgan fingerprint density at radius 2 is 1.85 bits per heavy atom. The van der Waals surface area contributed by atoms with Crippen LogP contribution >= 0.6 is 11.3 Å². The second-order valence-electron chi connectivity index (χ2n) is 5.66. The van der Waals surface area contributed by atoms with Crippen LogP contribution in [0.2, 0.25) is 0 Å². The van der Waals surface area contributed by atoms with Gasteiger partial charge in [0.1, 0.15) is 5.82 Å². The number of amides is 1. The van der Waals surface area contributed by atoms with Crippen LogP contribution in [0.3, 0.4) is 0 Å². The number of guanidine groups is 1. The van der Waals surface area contributed by atoms with Crippen molar-refractivity contribution in [1.82, 2.24) is 20.9 Å². The summed E-state index contributed by atoms with van der Waals surface area (Å²) in [7, 11) is 1.69. The number of hydrogen-bond acceptors (Lipinski definition) is 4. The van der Waals surface area contributed by atoms with Crippen molar-refractivity contribution in [3.05, 3.63) is 51.2 Å². The summed E-state index contributed by atoms with van der Waals surface area (Å²) in [5, 5.41) is 10.1. The summed E-state index contributed by atoms with van der Waals surface area (Å²) in [6, 6.07) is 5.91. The highest BCUT2D eigenvalue weighted by atomic mass is 32.1. The second kappa shape index (κ2) is 9.86. The number of aromatic nitrogens is 1. The van der Waals surface area contributed by atoms with Crippen molar-refractivity contribution < 1.29 is 9.18 Å². The number of aryl methyl sites for hydroxylation is 2. The van der Waals surface area contributed by atoms with Crippen LogP contribution in [0.4, 0.5) is 4.39 Å². The normalized spacial score (nSPS) is 11.3. The molecule has 0 aliphatic carbocycles. The molecule has 0 spiro atoms. The minimum atomic E-state index is -0.525. The van der Waals surface area contributed by atoms with E-state index in [0.717, 1.165) is 17.1 Å². The molecule has 0 aliphatic heterocycles. The molecule has 2 rings (SSSR count). The zero-order valence-corrected chi connectivity index (χ0v) is 16.0. The van der Waals surface area contributed by atoms with Crippen LogP contribution in [-0.4, -0.2) is 43.5 Å². The molecule has 0 unspecified atom stereocenters. The number of nitrogens with zero attached hydrogens (tertiary/aromatic N) is 2. The van der Waals surface area contributed by atoms with E-state index in [1.165, 1.54) is 17.0 Å². The van der Waals surface area contributed by atoms with Crippen molar-refractivity contribution >= 4 is 23.2 Å². The van der Waals surface area contributed by atoms with Crippen molar-refractivity contribution in [3.8, 4) is 0 Å². The molecule has 0 saturated carbocycles. The number of thiazole rings is 1. The van der Waals surface area contributed by atoms with Crippen molar-refractivity contribution in [3.63, 3.8) is 0 Å². The first kappa shape index (κ1) is 19.8. The van der Waals surface area contributed by atoms with Gasteiger partial charge in [0.15, 0.2) is 5.96 Å².